The smallest absolute Gasteiger partial charge is 0.320 e. The fraction of sp³-hybridized carbons (Fsp3) is 0.143. The summed E-state index contributed by atoms with van der Waals surface area (Å²) in [5.74, 6) is 0. The highest BCUT2D eigenvalue weighted by Crippen LogP contribution is 2.31. The van der Waals surface area contributed by atoms with Crippen molar-refractivity contribution in [2.24, 2.45) is 0 Å². The average molecular weight is 510 g/mol. The van der Waals surface area contributed by atoms with Gasteiger partial charge in [-0.05, 0) is 24.3 Å². The number of fused-ring (bicyclic) bond motifs is 1. The van der Waals surface area contributed by atoms with Crippen LogP contribution in [0.5, 0.6) is 0 Å². The second-order valence-corrected chi connectivity index (χ2v) is 9.28. The minimum atomic E-state index is -0.119. The van der Waals surface area contributed by atoms with Crippen LogP contribution in [0, 0.1) is 0 Å². The van der Waals surface area contributed by atoms with Gasteiger partial charge >= 0.3 is 6.03 Å². The van der Waals surface area contributed by atoms with Gasteiger partial charge in [0.25, 0.3) is 0 Å². The molecule has 3 aromatic carbocycles. The number of nitrogens with one attached hydrogen (secondary N) is 1. The molecule has 37 heavy (non-hydrogen) atoms. The Labute approximate surface area is 219 Å². The number of benzene rings is 3. The molecule has 1 aliphatic rings. The molecule has 0 saturated carbocycles. The van der Waals surface area contributed by atoms with E-state index in [-0.39, 0.29) is 6.03 Å². The highest BCUT2D eigenvalue weighted by Gasteiger charge is 2.28. The SMILES string of the molecule is O=C(Nc1ccccc1)N1CCc2c(c(-c3ccccc3)nn2Cc2cn(-c3ccccc3Cl)nn2)C1. The zero-order chi connectivity index (χ0) is 25.2. The number of carbonyl (C=O) groups is 1. The molecular formula is C28H24ClN7O. The van der Waals surface area contributed by atoms with E-state index in [1.165, 1.54) is 0 Å². The number of rotatable bonds is 5. The van der Waals surface area contributed by atoms with Gasteiger partial charge in [-0.3, -0.25) is 4.68 Å². The van der Waals surface area contributed by atoms with E-state index in [2.05, 4.69) is 15.6 Å². The van der Waals surface area contributed by atoms with Crippen molar-refractivity contribution in [1.82, 2.24) is 29.7 Å². The second kappa shape index (κ2) is 9.91. The average Bonchev–Trinajstić information content (AvgIpc) is 3.55. The predicted molar refractivity (Wildman–Crippen MR) is 143 cm³/mol. The van der Waals surface area contributed by atoms with Crippen molar-refractivity contribution in [3.8, 4) is 16.9 Å². The van der Waals surface area contributed by atoms with Crippen molar-refractivity contribution >= 4 is 23.3 Å². The molecule has 0 saturated heterocycles. The molecular weight excluding hydrogens is 486 g/mol. The largest absolute Gasteiger partial charge is 0.322 e. The van der Waals surface area contributed by atoms with Gasteiger partial charge in [0.2, 0.25) is 0 Å². The summed E-state index contributed by atoms with van der Waals surface area (Å²) in [7, 11) is 0. The first kappa shape index (κ1) is 23.0. The normalized spacial score (nSPS) is 12.8. The first-order valence-corrected chi connectivity index (χ1v) is 12.4. The van der Waals surface area contributed by atoms with Crippen LogP contribution >= 0.6 is 11.6 Å². The van der Waals surface area contributed by atoms with Crippen molar-refractivity contribution < 1.29 is 4.79 Å². The highest BCUT2D eigenvalue weighted by atomic mass is 35.5. The maximum Gasteiger partial charge on any atom is 0.322 e. The highest BCUT2D eigenvalue weighted by molar-refractivity contribution is 6.32. The number of anilines is 1. The maximum atomic E-state index is 13.0. The zero-order valence-electron chi connectivity index (χ0n) is 20.0. The molecule has 5 aromatic rings. The predicted octanol–water partition coefficient (Wildman–Crippen LogP) is 5.42. The molecule has 3 heterocycles. The summed E-state index contributed by atoms with van der Waals surface area (Å²) in [4.78, 5) is 14.9. The minimum Gasteiger partial charge on any atom is -0.320 e. The third kappa shape index (κ3) is 4.71. The first-order chi connectivity index (χ1) is 18.2. The number of halogens is 1. The number of carbonyl (C=O) groups excluding carboxylic acids is 1. The third-order valence-electron chi connectivity index (χ3n) is 6.45. The second-order valence-electron chi connectivity index (χ2n) is 8.87. The lowest BCUT2D eigenvalue weighted by Gasteiger charge is -2.28. The van der Waals surface area contributed by atoms with Gasteiger partial charge in [0.1, 0.15) is 5.69 Å². The quantitative estimate of drug-likeness (QED) is 0.343. The van der Waals surface area contributed by atoms with Crippen LogP contribution in [0.3, 0.4) is 0 Å². The number of amides is 2. The van der Waals surface area contributed by atoms with Crippen LogP contribution in [0.25, 0.3) is 16.9 Å². The molecule has 2 aromatic heterocycles. The topological polar surface area (TPSA) is 80.9 Å². The van der Waals surface area contributed by atoms with E-state index in [4.69, 9.17) is 16.7 Å². The molecule has 2 amide bonds. The number of hydrogen-bond donors (Lipinski definition) is 1. The third-order valence-corrected chi connectivity index (χ3v) is 6.76. The van der Waals surface area contributed by atoms with Crippen LogP contribution in [-0.4, -0.2) is 42.3 Å². The Morgan fingerprint density at radius 1 is 0.946 bits per heavy atom. The molecule has 0 atom stereocenters. The summed E-state index contributed by atoms with van der Waals surface area (Å²) < 4.78 is 3.67. The Bertz CT molecular complexity index is 1550. The van der Waals surface area contributed by atoms with Gasteiger partial charge < -0.3 is 10.2 Å². The molecule has 0 aliphatic carbocycles. The fourth-order valence-corrected chi connectivity index (χ4v) is 4.85. The van der Waals surface area contributed by atoms with Gasteiger partial charge in [-0.1, -0.05) is 77.5 Å². The number of aromatic nitrogens is 5. The molecule has 1 N–H and O–H groups in total. The first-order valence-electron chi connectivity index (χ1n) is 12.1. The Morgan fingerprint density at radius 3 is 2.46 bits per heavy atom. The van der Waals surface area contributed by atoms with E-state index in [0.717, 1.165) is 39.6 Å². The van der Waals surface area contributed by atoms with Crippen molar-refractivity contribution in [3.63, 3.8) is 0 Å². The van der Waals surface area contributed by atoms with Crippen LogP contribution < -0.4 is 5.32 Å². The van der Waals surface area contributed by atoms with Gasteiger partial charge in [0, 0.05) is 35.5 Å². The number of hydrogen-bond acceptors (Lipinski definition) is 4. The van der Waals surface area contributed by atoms with E-state index in [0.29, 0.717) is 31.1 Å². The van der Waals surface area contributed by atoms with Gasteiger partial charge in [0.15, 0.2) is 0 Å². The van der Waals surface area contributed by atoms with Gasteiger partial charge in [0.05, 0.1) is 35.7 Å². The number of para-hydroxylation sites is 2. The van der Waals surface area contributed by atoms with Crippen molar-refractivity contribution in [2.45, 2.75) is 19.5 Å². The Kier molecular flexibility index (Phi) is 6.16. The van der Waals surface area contributed by atoms with Gasteiger partial charge in [-0.2, -0.15) is 5.10 Å². The standard InChI is InChI=1S/C28H24ClN7O/c29-24-13-7-8-14-26(24)36-18-22(31-33-36)17-35-25-15-16-34(28(37)30-21-11-5-2-6-12-21)19-23(25)27(32-35)20-9-3-1-4-10-20/h1-14,18H,15-17,19H2,(H,30,37). The molecule has 0 bridgehead atoms. The van der Waals surface area contributed by atoms with Gasteiger partial charge in [-0.25, -0.2) is 9.48 Å². The zero-order valence-corrected chi connectivity index (χ0v) is 20.7. The molecule has 184 valence electrons. The molecule has 0 radical (unpaired) electrons. The van der Waals surface area contributed by atoms with E-state index in [1.54, 1.807) is 4.68 Å². The number of nitrogens with zero attached hydrogens (tertiary/aromatic N) is 6. The summed E-state index contributed by atoms with van der Waals surface area (Å²) in [6, 6.07) is 27.0. The Morgan fingerprint density at radius 2 is 1.68 bits per heavy atom. The molecule has 0 unspecified atom stereocenters. The van der Waals surface area contributed by atoms with Gasteiger partial charge in [-0.15, -0.1) is 5.10 Å². The van der Waals surface area contributed by atoms with E-state index >= 15 is 0 Å². The monoisotopic (exact) mass is 509 g/mol. The molecule has 9 heteroatoms. The van der Waals surface area contributed by atoms with E-state index in [9.17, 15) is 4.79 Å². The van der Waals surface area contributed by atoms with Crippen LogP contribution in [0.2, 0.25) is 5.02 Å². The van der Waals surface area contributed by atoms with Crippen LogP contribution in [0.15, 0.2) is 91.1 Å². The lowest BCUT2D eigenvalue weighted by Crippen LogP contribution is -2.39. The molecule has 0 fully saturated rings. The summed E-state index contributed by atoms with van der Waals surface area (Å²) in [6.07, 6.45) is 2.57. The fourth-order valence-electron chi connectivity index (χ4n) is 4.63. The lowest BCUT2D eigenvalue weighted by molar-refractivity contribution is 0.206. The van der Waals surface area contributed by atoms with E-state index < -0.39 is 0 Å². The minimum absolute atomic E-state index is 0.119. The lowest BCUT2D eigenvalue weighted by atomic mass is 10.0. The number of urea groups is 1. The molecule has 8 nitrogen and oxygen atoms in total. The van der Waals surface area contributed by atoms with E-state index in [1.807, 2.05) is 101 Å². The summed E-state index contributed by atoms with van der Waals surface area (Å²) in [5.41, 5.74) is 6.38. The van der Waals surface area contributed by atoms with Crippen LogP contribution in [-0.2, 0) is 19.5 Å². The Balaban J connectivity index is 1.30. The van der Waals surface area contributed by atoms with Crippen molar-refractivity contribution in [3.05, 3.63) is 113 Å². The summed E-state index contributed by atoms with van der Waals surface area (Å²) >= 11 is 6.34. The molecule has 1 aliphatic heterocycles. The van der Waals surface area contributed by atoms with Crippen LogP contribution in [0.4, 0.5) is 10.5 Å². The molecule has 0 spiro atoms. The van der Waals surface area contributed by atoms with Crippen molar-refractivity contribution in [1.29, 1.82) is 0 Å². The molecule has 6 rings (SSSR count). The summed E-state index contributed by atoms with van der Waals surface area (Å²) in [5, 5.41) is 17.2. The van der Waals surface area contributed by atoms with Crippen LogP contribution in [0.1, 0.15) is 17.0 Å². The summed E-state index contributed by atoms with van der Waals surface area (Å²) in [6.45, 7) is 1.54. The maximum absolute atomic E-state index is 13.0. The van der Waals surface area contributed by atoms with Crippen molar-refractivity contribution in [2.75, 3.05) is 11.9 Å². The Hall–Kier alpha value is -4.43.